The van der Waals surface area contributed by atoms with Gasteiger partial charge >= 0.3 is 0 Å². The highest BCUT2D eigenvalue weighted by Crippen LogP contribution is 2.22. The minimum atomic E-state index is -0.795. The normalized spacial score (nSPS) is 10.4. The Balaban J connectivity index is 2.30. The number of hydrogen-bond acceptors (Lipinski definition) is 3. The van der Waals surface area contributed by atoms with Crippen molar-refractivity contribution in [3.8, 4) is 5.75 Å². The van der Waals surface area contributed by atoms with Crippen molar-refractivity contribution in [3.05, 3.63) is 65.2 Å². The van der Waals surface area contributed by atoms with E-state index in [0.29, 0.717) is 12.4 Å². The maximum atomic E-state index is 13.2. The molecule has 5 heteroatoms. The predicted octanol–water partition coefficient (Wildman–Crippen LogP) is 3.22. The summed E-state index contributed by atoms with van der Waals surface area (Å²) in [6, 6.07) is 9.26. The van der Waals surface area contributed by atoms with E-state index in [1.54, 1.807) is 24.3 Å². The van der Waals surface area contributed by atoms with Gasteiger partial charge in [0.2, 0.25) is 0 Å². The molecule has 2 rings (SSSR count). The van der Waals surface area contributed by atoms with E-state index in [1.165, 1.54) is 7.11 Å². The Morgan fingerprint density at radius 3 is 2.38 bits per heavy atom. The summed E-state index contributed by atoms with van der Waals surface area (Å²) in [6.07, 6.45) is 0. The first-order chi connectivity index (χ1) is 10.1. The fraction of sp³-hybridized carbons (Fsp3) is 0.188. The van der Waals surface area contributed by atoms with Crippen LogP contribution in [0.2, 0.25) is 0 Å². The molecule has 0 unspecified atom stereocenters. The molecule has 3 nitrogen and oxygen atoms in total. The molecule has 0 heterocycles. The third-order valence-corrected chi connectivity index (χ3v) is 2.80. The molecule has 0 radical (unpaired) electrons. The Labute approximate surface area is 121 Å². The molecule has 0 saturated carbocycles. The average Bonchev–Trinajstić information content (AvgIpc) is 2.46. The topological polar surface area (TPSA) is 35.5 Å². The van der Waals surface area contributed by atoms with Crippen molar-refractivity contribution in [1.29, 1.82) is 0 Å². The Morgan fingerprint density at radius 2 is 1.71 bits per heavy atom. The van der Waals surface area contributed by atoms with E-state index < -0.39 is 17.4 Å². The standard InChI is InChI=1S/C16H14F2O3/c1-20-6-7-21-15-5-3-2-4-14(15)16(19)11-8-12(17)10-13(18)9-11/h2-5,8-10H,6-7H2,1H3. The lowest BCUT2D eigenvalue weighted by atomic mass is 10.0. The van der Waals surface area contributed by atoms with Crippen LogP contribution in [-0.4, -0.2) is 26.1 Å². The van der Waals surface area contributed by atoms with Crippen molar-refractivity contribution >= 4 is 5.78 Å². The molecule has 21 heavy (non-hydrogen) atoms. The van der Waals surface area contributed by atoms with Crippen molar-refractivity contribution in [2.45, 2.75) is 0 Å². The van der Waals surface area contributed by atoms with E-state index in [4.69, 9.17) is 9.47 Å². The molecule has 110 valence electrons. The maximum absolute atomic E-state index is 13.2. The van der Waals surface area contributed by atoms with Crippen LogP contribution in [0.5, 0.6) is 5.75 Å². The van der Waals surface area contributed by atoms with Gasteiger partial charge in [0.15, 0.2) is 5.78 Å². The zero-order chi connectivity index (χ0) is 15.2. The second-order valence-electron chi connectivity index (χ2n) is 4.32. The van der Waals surface area contributed by atoms with Crippen molar-refractivity contribution < 1.29 is 23.0 Å². The van der Waals surface area contributed by atoms with E-state index in [1.807, 2.05) is 0 Å². The SMILES string of the molecule is COCCOc1ccccc1C(=O)c1cc(F)cc(F)c1. The number of ketones is 1. The van der Waals surface area contributed by atoms with Crippen molar-refractivity contribution in [3.63, 3.8) is 0 Å². The number of methoxy groups -OCH3 is 1. The molecule has 0 atom stereocenters. The first kappa shape index (κ1) is 15.1. The number of para-hydroxylation sites is 1. The summed E-state index contributed by atoms with van der Waals surface area (Å²) in [5, 5.41) is 0. The summed E-state index contributed by atoms with van der Waals surface area (Å²) >= 11 is 0. The van der Waals surface area contributed by atoms with Crippen LogP contribution in [0.3, 0.4) is 0 Å². The quantitative estimate of drug-likeness (QED) is 0.606. The summed E-state index contributed by atoms with van der Waals surface area (Å²) in [6.45, 7) is 0.648. The molecule has 0 spiro atoms. The summed E-state index contributed by atoms with van der Waals surface area (Å²) < 4.78 is 36.7. The Bertz CT molecular complexity index is 621. The third kappa shape index (κ3) is 3.86. The van der Waals surface area contributed by atoms with Gasteiger partial charge in [-0.05, 0) is 24.3 Å². The number of carbonyl (C=O) groups excluding carboxylic acids is 1. The number of benzene rings is 2. The molecule has 0 aliphatic carbocycles. The number of carbonyl (C=O) groups is 1. The molecule has 0 saturated heterocycles. The molecular formula is C16H14F2O3. The molecular weight excluding hydrogens is 278 g/mol. The largest absolute Gasteiger partial charge is 0.490 e. The molecule has 0 N–H and O–H groups in total. The Kier molecular flexibility index (Phi) is 5.00. The molecule has 2 aromatic rings. The first-order valence-corrected chi connectivity index (χ1v) is 6.33. The molecule has 0 aliphatic heterocycles. The van der Waals surface area contributed by atoms with Gasteiger partial charge < -0.3 is 9.47 Å². The monoisotopic (exact) mass is 292 g/mol. The van der Waals surface area contributed by atoms with E-state index in [2.05, 4.69) is 0 Å². The van der Waals surface area contributed by atoms with Gasteiger partial charge in [0, 0.05) is 18.7 Å². The highest BCUT2D eigenvalue weighted by Gasteiger charge is 2.16. The van der Waals surface area contributed by atoms with E-state index in [9.17, 15) is 13.6 Å². The zero-order valence-corrected chi connectivity index (χ0v) is 11.4. The average molecular weight is 292 g/mol. The summed E-state index contributed by atoms with van der Waals surface area (Å²) in [7, 11) is 1.54. The number of hydrogen-bond donors (Lipinski definition) is 0. The van der Waals surface area contributed by atoms with Gasteiger partial charge in [-0.1, -0.05) is 12.1 Å². The molecule has 0 amide bonds. The second-order valence-corrected chi connectivity index (χ2v) is 4.32. The van der Waals surface area contributed by atoms with Gasteiger partial charge in [0.25, 0.3) is 0 Å². The molecule has 0 bridgehead atoms. The molecule has 0 aromatic heterocycles. The van der Waals surface area contributed by atoms with Crippen LogP contribution < -0.4 is 4.74 Å². The maximum Gasteiger partial charge on any atom is 0.196 e. The van der Waals surface area contributed by atoms with Crippen LogP contribution in [-0.2, 0) is 4.74 Å². The molecule has 0 aliphatic rings. The summed E-state index contributed by atoms with van der Waals surface area (Å²) in [5.74, 6) is -1.74. The predicted molar refractivity (Wildman–Crippen MR) is 73.6 cm³/mol. The summed E-state index contributed by atoms with van der Waals surface area (Å²) in [5.41, 5.74) is 0.189. The fourth-order valence-electron chi connectivity index (χ4n) is 1.86. The smallest absolute Gasteiger partial charge is 0.196 e. The lowest BCUT2D eigenvalue weighted by Gasteiger charge is -2.10. The highest BCUT2D eigenvalue weighted by atomic mass is 19.1. The van der Waals surface area contributed by atoms with Crippen molar-refractivity contribution in [1.82, 2.24) is 0 Å². The van der Waals surface area contributed by atoms with Crippen LogP contribution in [0.4, 0.5) is 8.78 Å². The lowest BCUT2D eigenvalue weighted by Crippen LogP contribution is -2.09. The van der Waals surface area contributed by atoms with Gasteiger partial charge in [-0.25, -0.2) is 8.78 Å². The number of rotatable bonds is 6. The fourth-order valence-corrected chi connectivity index (χ4v) is 1.86. The molecule has 0 fully saturated rings. The minimum absolute atomic E-state index is 0.0599. The minimum Gasteiger partial charge on any atom is -0.490 e. The molecule has 2 aromatic carbocycles. The van der Waals surface area contributed by atoms with E-state index in [0.717, 1.165) is 18.2 Å². The zero-order valence-electron chi connectivity index (χ0n) is 11.4. The number of ether oxygens (including phenoxy) is 2. The Hall–Kier alpha value is -2.27. The third-order valence-electron chi connectivity index (χ3n) is 2.80. The first-order valence-electron chi connectivity index (χ1n) is 6.33. The van der Waals surface area contributed by atoms with Gasteiger partial charge in [-0.3, -0.25) is 4.79 Å². The van der Waals surface area contributed by atoms with Crippen LogP contribution >= 0.6 is 0 Å². The number of halogens is 2. The van der Waals surface area contributed by atoms with Crippen molar-refractivity contribution in [2.24, 2.45) is 0 Å². The van der Waals surface area contributed by atoms with Crippen LogP contribution in [0.1, 0.15) is 15.9 Å². The van der Waals surface area contributed by atoms with E-state index >= 15 is 0 Å². The van der Waals surface area contributed by atoms with Gasteiger partial charge in [0.1, 0.15) is 24.0 Å². The van der Waals surface area contributed by atoms with Crippen LogP contribution in [0, 0.1) is 11.6 Å². The Morgan fingerprint density at radius 1 is 1.05 bits per heavy atom. The van der Waals surface area contributed by atoms with Crippen LogP contribution in [0.25, 0.3) is 0 Å². The second kappa shape index (κ2) is 6.95. The lowest BCUT2D eigenvalue weighted by molar-refractivity contribution is 0.102. The van der Waals surface area contributed by atoms with E-state index in [-0.39, 0.29) is 17.7 Å². The summed E-state index contributed by atoms with van der Waals surface area (Å²) in [4.78, 5) is 12.4. The van der Waals surface area contributed by atoms with Gasteiger partial charge in [0.05, 0.1) is 12.2 Å². The van der Waals surface area contributed by atoms with Crippen LogP contribution in [0.15, 0.2) is 42.5 Å². The van der Waals surface area contributed by atoms with Gasteiger partial charge in [-0.15, -0.1) is 0 Å². The van der Waals surface area contributed by atoms with Gasteiger partial charge in [-0.2, -0.15) is 0 Å². The highest BCUT2D eigenvalue weighted by molar-refractivity contribution is 6.10. The van der Waals surface area contributed by atoms with Crippen molar-refractivity contribution in [2.75, 3.05) is 20.3 Å².